The number of hydrogen-bond acceptors (Lipinski definition) is 6. The topological polar surface area (TPSA) is 146 Å². The minimum absolute atomic E-state index is 0.0511. The zero-order chi connectivity index (χ0) is 22.4. The Kier molecular flexibility index (Phi) is 6.57. The molecule has 3 aromatic rings. The molecule has 0 aliphatic carbocycles. The first-order chi connectivity index (χ1) is 14.9. The number of anilines is 1. The number of nitrogens with zero attached hydrogens (tertiary/aromatic N) is 4. The van der Waals surface area contributed by atoms with Crippen LogP contribution < -0.4 is 16.2 Å². The van der Waals surface area contributed by atoms with Crippen LogP contribution in [-0.2, 0) is 16.0 Å². The van der Waals surface area contributed by atoms with Crippen molar-refractivity contribution < 1.29 is 9.59 Å². The van der Waals surface area contributed by atoms with E-state index in [0.717, 1.165) is 11.3 Å². The van der Waals surface area contributed by atoms with Gasteiger partial charge in [-0.1, -0.05) is 0 Å². The lowest BCUT2D eigenvalue weighted by molar-refractivity contribution is -0.124. The molecule has 0 aliphatic rings. The number of nitriles is 1. The van der Waals surface area contributed by atoms with Gasteiger partial charge in [0.2, 0.25) is 11.8 Å². The minimum Gasteiger partial charge on any atom is -0.347 e. The molecular weight excluding hydrogens is 398 g/mol. The van der Waals surface area contributed by atoms with Crippen molar-refractivity contribution in [3.63, 3.8) is 0 Å². The van der Waals surface area contributed by atoms with Crippen molar-refractivity contribution in [2.75, 3.05) is 11.9 Å². The molecule has 2 aromatic heterocycles. The molecule has 10 nitrogen and oxygen atoms in total. The summed E-state index contributed by atoms with van der Waals surface area (Å²) in [6.07, 6.45) is 3.47. The number of aryl methyl sites for hydroxylation is 1. The van der Waals surface area contributed by atoms with E-state index in [1.54, 1.807) is 49.1 Å². The molecule has 0 radical (unpaired) electrons. The second-order valence-corrected chi connectivity index (χ2v) is 6.88. The van der Waals surface area contributed by atoms with Crippen molar-refractivity contribution in [1.29, 1.82) is 5.26 Å². The lowest BCUT2D eigenvalue weighted by Gasteiger charge is -2.11. The number of benzene rings is 1. The van der Waals surface area contributed by atoms with Crippen LogP contribution in [0.25, 0.3) is 5.69 Å². The number of H-pyrrole nitrogens is 1. The van der Waals surface area contributed by atoms with Gasteiger partial charge in [0, 0.05) is 17.8 Å². The van der Waals surface area contributed by atoms with Crippen LogP contribution in [0.4, 0.5) is 5.69 Å². The molecule has 0 spiro atoms. The number of aromatic nitrogens is 4. The van der Waals surface area contributed by atoms with Crippen molar-refractivity contribution in [1.82, 2.24) is 25.1 Å². The predicted octanol–water partition coefficient (Wildman–Crippen LogP) is 1.13. The van der Waals surface area contributed by atoms with Crippen molar-refractivity contribution in [2.24, 2.45) is 0 Å². The number of hydrogen-bond donors (Lipinski definition) is 3. The second-order valence-electron chi connectivity index (χ2n) is 6.88. The summed E-state index contributed by atoms with van der Waals surface area (Å²) in [5, 5.41) is 18.4. The number of rotatable bonds is 7. The highest BCUT2D eigenvalue weighted by Crippen LogP contribution is 2.15. The largest absolute Gasteiger partial charge is 0.347 e. The van der Waals surface area contributed by atoms with Crippen molar-refractivity contribution in [3.8, 4) is 11.8 Å². The molecule has 1 aromatic carbocycles. The maximum absolute atomic E-state index is 12.1. The Hall–Kier alpha value is -4.26. The summed E-state index contributed by atoms with van der Waals surface area (Å²) in [5.41, 5.74) is 2.96. The van der Waals surface area contributed by atoms with E-state index in [-0.39, 0.29) is 30.3 Å². The highest BCUT2D eigenvalue weighted by molar-refractivity contribution is 5.94. The number of amides is 2. The first-order valence-electron chi connectivity index (χ1n) is 9.53. The molecule has 0 bridgehead atoms. The number of carbonyl (C=O) groups excluding carboxylic acids is 2. The van der Waals surface area contributed by atoms with E-state index >= 15 is 0 Å². The molecule has 10 heteroatoms. The zero-order valence-electron chi connectivity index (χ0n) is 17.1. The van der Waals surface area contributed by atoms with Crippen molar-refractivity contribution >= 4 is 17.5 Å². The van der Waals surface area contributed by atoms with Gasteiger partial charge in [0.15, 0.2) is 0 Å². The Labute approximate surface area is 177 Å². The number of aromatic amines is 1. The highest BCUT2D eigenvalue weighted by atomic mass is 16.2. The van der Waals surface area contributed by atoms with E-state index in [2.05, 4.69) is 25.7 Å². The van der Waals surface area contributed by atoms with E-state index in [1.807, 2.05) is 6.07 Å². The average molecular weight is 419 g/mol. The van der Waals surface area contributed by atoms with Crippen LogP contribution in [0.5, 0.6) is 0 Å². The van der Waals surface area contributed by atoms with Crippen LogP contribution in [0.15, 0.2) is 41.7 Å². The molecule has 0 saturated carbocycles. The van der Waals surface area contributed by atoms with E-state index < -0.39 is 5.56 Å². The first kappa shape index (κ1) is 21.4. The normalized spacial score (nSPS) is 10.4. The monoisotopic (exact) mass is 419 g/mol. The van der Waals surface area contributed by atoms with Crippen molar-refractivity contribution in [3.05, 3.63) is 69.7 Å². The fourth-order valence-electron chi connectivity index (χ4n) is 3.17. The summed E-state index contributed by atoms with van der Waals surface area (Å²) in [4.78, 5) is 42.5. The molecule has 2 amide bonds. The smallest absolute Gasteiger partial charge is 0.266 e. The standard InChI is InChI=1S/C21H21N7O3/c1-13-17(14(2)26-21(31)18(13)9-22)7-8-19(29)24-10-20(30)27-15-3-5-16(6-4-15)28-12-23-11-25-28/h3-6,11-12H,7-8,10H2,1-2H3,(H,24,29)(H,26,31)(H,27,30). The Morgan fingerprint density at radius 2 is 1.94 bits per heavy atom. The molecular formula is C21H21N7O3. The third-order valence-corrected chi connectivity index (χ3v) is 4.80. The lowest BCUT2D eigenvalue weighted by Crippen LogP contribution is -2.33. The number of carbonyl (C=O) groups is 2. The van der Waals surface area contributed by atoms with E-state index in [4.69, 9.17) is 5.26 Å². The molecule has 0 aliphatic heterocycles. The van der Waals surface area contributed by atoms with E-state index in [0.29, 0.717) is 23.4 Å². The van der Waals surface area contributed by atoms with Crippen LogP contribution >= 0.6 is 0 Å². The lowest BCUT2D eigenvalue weighted by atomic mass is 9.99. The highest BCUT2D eigenvalue weighted by Gasteiger charge is 2.14. The molecule has 31 heavy (non-hydrogen) atoms. The van der Waals surface area contributed by atoms with Gasteiger partial charge >= 0.3 is 0 Å². The maximum Gasteiger partial charge on any atom is 0.266 e. The molecule has 0 saturated heterocycles. The summed E-state index contributed by atoms with van der Waals surface area (Å²) in [5.74, 6) is -0.662. The van der Waals surface area contributed by atoms with Gasteiger partial charge in [-0.25, -0.2) is 9.67 Å². The van der Waals surface area contributed by atoms with E-state index in [1.165, 1.54) is 6.33 Å². The molecule has 2 heterocycles. The third kappa shape index (κ3) is 5.22. The van der Waals surface area contributed by atoms with Gasteiger partial charge < -0.3 is 15.6 Å². The molecule has 3 rings (SSSR count). The summed E-state index contributed by atoms with van der Waals surface area (Å²) in [7, 11) is 0. The predicted molar refractivity (Wildman–Crippen MR) is 113 cm³/mol. The summed E-state index contributed by atoms with van der Waals surface area (Å²) in [6, 6.07) is 8.91. The van der Waals surface area contributed by atoms with Gasteiger partial charge in [-0.3, -0.25) is 14.4 Å². The Bertz CT molecular complexity index is 1190. The van der Waals surface area contributed by atoms with E-state index in [9.17, 15) is 14.4 Å². The molecule has 3 N–H and O–H groups in total. The van der Waals surface area contributed by atoms with Gasteiger partial charge in [-0.15, -0.1) is 0 Å². The van der Waals surface area contributed by atoms with Gasteiger partial charge in [0.05, 0.1) is 12.2 Å². The van der Waals surface area contributed by atoms with Gasteiger partial charge in [-0.05, 0) is 55.7 Å². The summed E-state index contributed by atoms with van der Waals surface area (Å²) in [6.45, 7) is 3.25. The minimum atomic E-state index is -0.434. The first-order valence-corrected chi connectivity index (χ1v) is 9.53. The SMILES string of the molecule is Cc1[nH]c(=O)c(C#N)c(C)c1CCC(=O)NCC(=O)Nc1ccc(-n2cncn2)cc1. The fourth-order valence-corrected chi connectivity index (χ4v) is 3.17. The van der Waals surface area contributed by atoms with Gasteiger partial charge in [-0.2, -0.15) is 10.4 Å². The second kappa shape index (κ2) is 9.49. The number of nitrogens with one attached hydrogen (secondary N) is 3. The third-order valence-electron chi connectivity index (χ3n) is 4.80. The Morgan fingerprint density at radius 3 is 2.58 bits per heavy atom. The quantitative estimate of drug-likeness (QED) is 0.523. The van der Waals surface area contributed by atoms with Gasteiger partial charge in [0.1, 0.15) is 24.3 Å². The maximum atomic E-state index is 12.1. The molecule has 0 fully saturated rings. The number of pyridine rings is 1. The Balaban J connectivity index is 1.49. The van der Waals surface area contributed by atoms with Crippen LogP contribution in [0.1, 0.15) is 28.8 Å². The van der Waals surface area contributed by atoms with Crippen LogP contribution in [0.2, 0.25) is 0 Å². The van der Waals surface area contributed by atoms with Gasteiger partial charge in [0.25, 0.3) is 5.56 Å². The average Bonchev–Trinajstić information content (AvgIpc) is 3.27. The summed E-state index contributed by atoms with van der Waals surface area (Å²) >= 11 is 0. The molecule has 0 unspecified atom stereocenters. The van der Waals surface area contributed by atoms with Crippen LogP contribution in [0.3, 0.4) is 0 Å². The van der Waals surface area contributed by atoms with Crippen LogP contribution in [-0.4, -0.2) is 38.1 Å². The van der Waals surface area contributed by atoms with Crippen molar-refractivity contribution in [2.45, 2.75) is 26.7 Å². The fraction of sp³-hybridized carbons (Fsp3) is 0.238. The molecule has 158 valence electrons. The van der Waals surface area contributed by atoms with Crippen LogP contribution in [0, 0.1) is 25.2 Å². The molecule has 0 atom stereocenters. The Morgan fingerprint density at radius 1 is 1.19 bits per heavy atom. The summed E-state index contributed by atoms with van der Waals surface area (Å²) < 4.78 is 1.59. The zero-order valence-corrected chi connectivity index (χ0v) is 17.1.